The number of piperazine rings is 1. The van der Waals surface area contributed by atoms with Gasteiger partial charge >= 0.3 is 18.2 Å². The van der Waals surface area contributed by atoms with E-state index in [0.29, 0.717) is 91.6 Å². The van der Waals surface area contributed by atoms with Gasteiger partial charge in [0.2, 0.25) is 11.8 Å². The molecule has 5 fully saturated rings. The van der Waals surface area contributed by atoms with Gasteiger partial charge in [-0.05, 0) is 95.6 Å². The third kappa shape index (κ3) is 11.6. The lowest BCUT2D eigenvalue weighted by Crippen LogP contribution is -2.59. The summed E-state index contributed by atoms with van der Waals surface area (Å²) in [6, 6.07) is 7.11. The number of hydrogen-bond donors (Lipinski definition) is 4. The van der Waals surface area contributed by atoms with Crippen LogP contribution in [0.4, 0.5) is 15.4 Å². The molecule has 8 rings (SSSR count). The van der Waals surface area contributed by atoms with Crippen LogP contribution in [-0.2, 0) is 23.9 Å². The molecule has 4 heterocycles. The van der Waals surface area contributed by atoms with Crippen LogP contribution in [0.1, 0.15) is 101 Å². The maximum Gasteiger partial charge on any atom is 0.410 e. The Hall–Kier alpha value is -5.85. The van der Waals surface area contributed by atoms with E-state index in [1.54, 1.807) is 21.8 Å². The van der Waals surface area contributed by atoms with E-state index in [2.05, 4.69) is 20.9 Å². The van der Waals surface area contributed by atoms with Crippen molar-refractivity contribution >= 4 is 46.7 Å². The predicted molar refractivity (Wildman–Crippen MR) is 256 cm³/mol. The summed E-state index contributed by atoms with van der Waals surface area (Å²) in [5, 5.41) is 24.6. The first-order chi connectivity index (χ1) is 32.6. The molecule has 4 N–H and O–H groups in total. The van der Waals surface area contributed by atoms with Gasteiger partial charge in [0.05, 0.1) is 12.1 Å². The monoisotopic (exact) mass is 958 g/mol. The van der Waals surface area contributed by atoms with Crippen LogP contribution in [0.3, 0.4) is 0 Å². The molecule has 0 spiro atoms. The average Bonchev–Trinajstić information content (AvgIpc) is 3.94. The number of ether oxygens (including phenoxy) is 4. The molecule has 19 heteroatoms. The van der Waals surface area contributed by atoms with Crippen LogP contribution < -0.4 is 25.4 Å². The van der Waals surface area contributed by atoms with Crippen molar-refractivity contribution in [3.63, 3.8) is 0 Å². The van der Waals surface area contributed by atoms with Crippen LogP contribution in [-0.4, -0.2) is 152 Å². The molecule has 3 saturated carbocycles. The van der Waals surface area contributed by atoms with Crippen LogP contribution in [0.2, 0.25) is 0 Å². The Kier molecular flexibility index (Phi) is 14.0. The Balaban J connectivity index is 1.03. The number of carbonyl (C=O) groups is 5. The van der Waals surface area contributed by atoms with Crippen molar-refractivity contribution in [1.82, 2.24) is 40.1 Å². The van der Waals surface area contributed by atoms with Crippen molar-refractivity contribution in [1.29, 1.82) is 0 Å². The molecule has 19 nitrogen and oxygen atoms in total. The minimum atomic E-state index is -1.42. The summed E-state index contributed by atoms with van der Waals surface area (Å²) < 4.78 is 26.1. The largest absolute Gasteiger partial charge is 0.492 e. The molecule has 0 radical (unpaired) electrons. The lowest BCUT2D eigenvalue weighted by atomic mass is 9.85. The highest BCUT2D eigenvalue weighted by Crippen LogP contribution is 2.52. The van der Waals surface area contributed by atoms with Gasteiger partial charge in [-0.2, -0.15) is 0 Å². The molecule has 0 unspecified atom stereocenters. The Labute approximate surface area is 404 Å². The molecule has 1 aromatic carbocycles. The summed E-state index contributed by atoms with van der Waals surface area (Å²) in [6.07, 6.45) is 3.58. The highest BCUT2D eigenvalue weighted by Gasteiger charge is 2.61. The minimum absolute atomic E-state index is 0.0277. The predicted octanol–water partition coefficient (Wildman–Crippen LogP) is 5.83. The number of hydrogen-bond acceptors (Lipinski definition) is 13. The van der Waals surface area contributed by atoms with E-state index in [9.17, 15) is 29.1 Å². The van der Waals surface area contributed by atoms with E-state index in [1.807, 2.05) is 86.6 Å². The fourth-order valence-corrected chi connectivity index (χ4v) is 10.1. The number of carboxylic acid groups (broad SMARTS) is 1. The van der Waals surface area contributed by atoms with E-state index in [1.165, 1.54) is 11.3 Å². The zero-order valence-corrected chi connectivity index (χ0v) is 41.6. The smallest absolute Gasteiger partial charge is 0.410 e. The van der Waals surface area contributed by atoms with Gasteiger partial charge in [-0.15, -0.1) is 5.10 Å². The molecular formula is C50H71N9O10. The van der Waals surface area contributed by atoms with Crippen LogP contribution in [0.5, 0.6) is 11.5 Å². The lowest BCUT2D eigenvalue weighted by molar-refractivity contribution is -0.146. The van der Waals surface area contributed by atoms with Crippen molar-refractivity contribution in [2.45, 2.75) is 142 Å². The number of aromatic nitrogens is 3. The zero-order chi connectivity index (χ0) is 49.6. The molecule has 3 aliphatic carbocycles. The Morgan fingerprint density at radius 3 is 2.29 bits per heavy atom. The number of pyridine rings is 1. The van der Waals surface area contributed by atoms with Gasteiger partial charge in [-0.25, -0.2) is 24.0 Å². The number of rotatable bonds is 16. The molecule has 2 saturated heterocycles. The maximum absolute atomic E-state index is 14.9. The topological polar surface area (TPSA) is 219 Å². The number of fused-ring (bicyclic) bond motifs is 2. The van der Waals surface area contributed by atoms with Crippen LogP contribution in [0, 0.1) is 23.2 Å². The van der Waals surface area contributed by atoms with Gasteiger partial charge in [0.15, 0.2) is 5.82 Å². The number of likely N-dealkylation sites (tertiary alicyclic amines) is 1. The molecule has 5 aliphatic rings. The number of nitrogens with zero attached hydrogens (tertiary/aromatic N) is 6. The van der Waals surface area contributed by atoms with E-state index in [0.717, 1.165) is 12.8 Å². The number of alkyl carbamates (subject to hydrolysis) is 1. The second-order valence-electron chi connectivity index (χ2n) is 22.0. The average molecular weight is 958 g/mol. The molecule has 376 valence electrons. The third-order valence-electron chi connectivity index (χ3n) is 14.0. The highest BCUT2D eigenvalue weighted by atomic mass is 16.6. The molecule has 2 aliphatic heterocycles. The maximum atomic E-state index is 14.9. The van der Waals surface area contributed by atoms with E-state index >= 15 is 0 Å². The number of anilines is 1. The first-order valence-electron chi connectivity index (χ1n) is 24.7. The van der Waals surface area contributed by atoms with Crippen LogP contribution in [0.15, 0.2) is 36.5 Å². The second kappa shape index (κ2) is 19.5. The molecule has 0 bridgehead atoms. The molecule has 8 atom stereocenters. The van der Waals surface area contributed by atoms with E-state index in [4.69, 9.17) is 29.0 Å². The summed E-state index contributed by atoms with van der Waals surface area (Å²) >= 11 is 0. The normalized spacial score (nSPS) is 26.0. The van der Waals surface area contributed by atoms with E-state index < -0.39 is 58.6 Å². The summed E-state index contributed by atoms with van der Waals surface area (Å²) in [5.41, 5.74) is -2.22. The number of amides is 4. The Morgan fingerprint density at radius 2 is 1.65 bits per heavy atom. The van der Waals surface area contributed by atoms with Gasteiger partial charge in [0.1, 0.15) is 59.4 Å². The summed E-state index contributed by atoms with van der Waals surface area (Å²) in [5.74, 6) is 0.857. The molecule has 3 aromatic rings. The number of carboxylic acids is 1. The molecule has 2 aromatic heterocycles. The van der Waals surface area contributed by atoms with Gasteiger partial charge < -0.3 is 49.8 Å². The van der Waals surface area contributed by atoms with Crippen molar-refractivity contribution in [3.8, 4) is 17.3 Å². The van der Waals surface area contributed by atoms with Crippen LogP contribution in [0.25, 0.3) is 16.7 Å². The summed E-state index contributed by atoms with van der Waals surface area (Å²) in [6.45, 7) is 20.5. The molecule has 69 heavy (non-hydrogen) atoms. The fourth-order valence-electron chi connectivity index (χ4n) is 10.1. The fraction of sp³-hybridized carbons (Fsp3) is 0.660. The van der Waals surface area contributed by atoms with E-state index in [-0.39, 0.29) is 43.5 Å². The van der Waals surface area contributed by atoms with Gasteiger partial charge in [-0.1, -0.05) is 34.1 Å². The molecular weight excluding hydrogens is 887 g/mol. The van der Waals surface area contributed by atoms with Crippen molar-refractivity contribution in [3.05, 3.63) is 36.5 Å². The number of benzene rings is 1. The Bertz CT molecular complexity index is 2390. The lowest BCUT2D eigenvalue weighted by Gasteiger charge is -2.35. The first-order valence-corrected chi connectivity index (χ1v) is 24.7. The van der Waals surface area contributed by atoms with Crippen molar-refractivity contribution in [2.75, 3.05) is 51.2 Å². The Morgan fingerprint density at radius 1 is 0.928 bits per heavy atom. The first kappa shape index (κ1) is 49.6. The van der Waals surface area contributed by atoms with Crippen LogP contribution >= 0.6 is 0 Å². The number of carbonyl (C=O) groups excluding carboxylic acids is 4. The van der Waals surface area contributed by atoms with Gasteiger partial charge in [0.25, 0.3) is 0 Å². The number of aliphatic carboxylic acids is 1. The minimum Gasteiger partial charge on any atom is -0.492 e. The summed E-state index contributed by atoms with van der Waals surface area (Å²) in [7, 11) is 0. The summed E-state index contributed by atoms with van der Waals surface area (Å²) in [4.78, 5) is 78.2. The van der Waals surface area contributed by atoms with Crippen molar-refractivity contribution in [2.24, 2.45) is 23.2 Å². The highest BCUT2D eigenvalue weighted by molar-refractivity contribution is 5.96. The zero-order valence-electron chi connectivity index (χ0n) is 41.6. The quantitative estimate of drug-likeness (QED) is 0.133. The van der Waals surface area contributed by atoms with Gasteiger partial charge in [-0.3, -0.25) is 14.5 Å². The van der Waals surface area contributed by atoms with Gasteiger partial charge in [0, 0.05) is 75.0 Å². The number of nitrogens with one attached hydrogen (secondary N) is 3. The third-order valence-corrected chi connectivity index (χ3v) is 14.0. The second-order valence-corrected chi connectivity index (χ2v) is 22.0. The molecule has 4 amide bonds. The standard InChI is InChI=1S/C50H71N9O10/c1-10-32-27-50(32,45(62)63)54-43(60)38-25-35(28-58(38)44(61)42(48(4,5)6)53-46(64)68-34-22-30-21-31(30)23-34)67-39-26-41(59-14-13-40(55-59)51-29(2)3)52-37-24-33(11-12-36(37)39)66-20-19-56-15-17-57(18-16-56)47(65)69-49(7,8)9/h11-14,24,26,29-32,34-35,38,42H,10,15-23,25,27-28H2,1-9H3,(H,51,55)(H,53,64)(H,54,60)(H,62,63)/t30-,31+,32-,34+,35-,38+,42-,50-/m1/s1. The SMILES string of the molecule is CC[C@@H]1C[C@]1(NC(=O)[C@@H]1C[C@@H](Oc2cc(-n3ccc(NC(C)C)n3)nc3cc(OCCN4CCN(C(=O)OC(C)(C)C)CC4)ccc23)CN1C(=O)[C@@H](NC(=O)O[C@@H]1C[C@@H]2C[C@@H]2C1)C(C)(C)C)C(=O)O. The van der Waals surface area contributed by atoms with Crippen molar-refractivity contribution < 1.29 is 48.0 Å².